The van der Waals surface area contributed by atoms with E-state index in [1.54, 1.807) is 0 Å². The van der Waals surface area contributed by atoms with Crippen LogP contribution in [-0.4, -0.2) is 48.1 Å². The van der Waals surface area contributed by atoms with E-state index in [1.807, 2.05) is 0 Å². The van der Waals surface area contributed by atoms with Crippen molar-refractivity contribution in [3.63, 3.8) is 0 Å². The molecule has 0 unspecified atom stereocenters. The van der Waals surface area contributed by atoms with Gasteiger partial charge in [0.05, 0.1) is 29.2 Å². The Morgan fingerprint density at radius 2 is 1.77 bits per heavy atom. The number of hydrogen-bond donors (Lipinski definition) is 0. The summed E-state index contributed by atoms with van der Waals surface area (Å²) in [6.07, 6.45) is -2.92. The van der Waals surface area contributed by atoms with E-state index in [9.17, 15) is 34.4 Å². The lowest BCUT2D eigenvalue weighted by atomic mass is 10.3. The highest BCUT2D eigenvalue weighted by molar-refractivity contribution is 7.91. The van der Waals surface area contributed by atoms with Gasteiger partial charge in [-0.1, -0.05) is 6.92 Å². The lowest BCUT2D eigenvalue weighted by Crippen LogP contribution is -2.13. The quantitative estimate of drug-likeness (QED) is 0.388. The van der Waals surface area contributed by atoms with Crippen molar-refractivity contribution in [2.75, 3.05) is 11.8 Å². The van der Waals surface area contributed by atoms with Gasteiger partial charge in [0.15, 0.2) is 21.4 Å². The van der Waals surface area contributed by atoms with E-state index < -0.39 is 54.2 Å². The van der Waals surface area contributed by atoms with Crippen molar-refractivity contribution in [2.45, 2.75) is 18.0 Å². The average molecular weight is 482 g/mol. The van der Waals surface area contributed by atoms with Gasteiger partial charge in [0.1, 0.15) is 16.3 Å². The number of fused-ring (bicyclic) bond motifs is 1. The van der Waals surface area contributed by atoms with Gasteiger partial charge in [0.25, 0.3) is 0 Å². The number of halogens is 4. The Kier molecular flexibility index (Phi) is 5.69. The third-order valence-corrected chi connectivity index (χ3v) is 6.62. The maximum absolute atomic E-state index is 12.9. The molecule has 168 valence electrons. The van der Waals surface area contributed by atoms with Crippen molar-refractivity contribution < 1.29 is 38.6 Å². The topological polar surface area (TPSA) is 121 Å². The first-order valence-electron chi connectivity index (χ1n) is 8.40. The molecule has 3 aromatic heterocycles. The number of alkyl halides is 4. The van der Waals surface area contributed by atoms with Gasteiger partial charge in [0.2, 0.25) is 6.01 Å². The number of aryl methyl sites for hydroxylation is 1. The summed E-state index contributed by atoms with van der Waals surface area (Å²) < 4.78 is 105. The molecule has 9 nitrogen and oxygen atoms in total. The van der Waals surface area contributed by atoms with Gasteiger partial charge in [0, 0.05) is 13.1 Å². The highest BCUT2D eigenvalue weighted by atomic mass is 32.2. The third-order valence-electron chi connectivity index (χ3n) is 4.17. The molecule has 0 fully saturated rings. The zero-order valence-electron chi connectivity index (χ0n) is 15.9. The van der Waals surface area contributed by atoms with Crippen molar-refractivity contribution in [1.29, 1.82) is 0 Å². The van der Waals surface area contributed by atoms with Gasteiger partial charge >= 0.3 is 16.3 Å². The van der Waals surface area contributed by atoms with Crippen molar-refractivity contribution in [2.24, 2.45) is 7.05 Å². The Balaban J connectivity index is 2.24. The summed E-state index contributed by atoms with van der Waals surface area (Å²) in [5.74, 6) is -1.07. The number of pyridine rings is 2. The van der Waals surface area contributed by atoms with Crippen molar-refractivity contribution >= 4 is 31.0 Å². The van der Waals surface area contributed by atoms with Gasteiger partial charge in [-0.25, -0.2) is 27.8 Å². The molecule has 0 N–H and O–H groups in total. The number of rotatable bonds is 6. The Morgan fingerprint density at radius 1 is 1.10 bits per heavy atom. The molecule has 0 amide bonds. The molecule has 31 heavy (non-hydrogen) atoms. The van der Waals surface area contributed by atoms with Crippen molar-refractivity contribution in [3.05, 3.63) is 30.2 Å². The zero-order chi connectivity index (χ0) is 23.2. The largest absolute Gasteiger partial charge is 0.433 e. The molecule has 3 heterocycles. The highest BCUT2D eigenvalue weighted by Crippen LogP contribution is 2.33. The van der Waals surface area contributed by atoms with Crippen LogP contribution in [0.3, 0.4) is 0 Å². The molecule has 0 bridgehead atoms. The van der Waals surface area contributed by atoms with E-state index in [4.69, 9.17) is 0 Å². The Bertz CT molecular complexity index is 1370. The number of nitrogens with zero attached hydrogens (tertiary/aromatic N) is 4. The molecule has 0 aliphatic carbocycles. The van der Waals surface area contributed by atoms with Crippen LogP contribution in [0.5, 0.6) is 5.75 Å². The first-order valence-corrected chi connectivity index (χ1v) is 11.6. The van der Waals surface area contributed by atoms with Crippen LogP contribution >= 0.6 is 0 Å². The maximum Gasteiger partial charge on any atom is 0.433 e. The second-order valence-electron chi connectivity index (χ2n) is 6.22. The monoisotopic (exact) mass is 482 g/mol. The second kappa shape index (κ2) is 7.71. The van der Waals surface area contributed by atoms with E-state index >= 15 is 0 Å². The van der Waals surface area contributed by atoms with E-state index in [1.165, 1.54) is 18.5 Å². The second-order valence-corrected chi connectivity index (χ2v) is 9.97. The highest BCUT2D eigenvalue weighted by Gasteiger charge is 2.33. The fraction of sp³-hybridized carbons (Fsp3) is 0.312. The fourth-order valence-corrected chi connectivity index (χ4v) is 4.13. The maximum atomic E-state index is 12.9. The van der Waals surface area contributed by atoms with E-state index in [-0.39, 0.29) is 22.6 Å². The lowest BCUT2D eigenvalue weighted by Gasteiger charge is -2.11. The molecule has 15 heteroatoms. The van der Waals surface area contributed by atoms with Crippen LogP contribution in [0.1, 0.15) is 12.6 Å². The number of hydrogen-bond acceptors (Lipinski definition) is 8. The van der Waals surface area contributed by atoms with Gasteiger partial charge < -0.3 is 8.75 Å². The summed E-state index contributed by atoms with van der Waals surface area (Å²) in [6, 6.07) is -0.296. The lowest BCUT2D eigenvalue weighted by molar-refractivity contribution is -0.141. The third kappa shape index (κ3) is 4.46. The first-order chi connectivity index (χ1) is 14.3. The minimum absolute atomic E-state index is 0.108. The van der Waals surface area contributed by atoms with Crippen LogP contribution in [-0.2, 0) is 33.2 Å². The summed E-state index contributed by atoms with van der Waals surface area (Å²) in [6.45, 7) is 1.32. The zero-order valence-corrected chi connectivity index (χ0v) is 17.5. The van der Waals surface area contributed by atoms with Gasteiger partial charge in [-0.2, -0.15) is 21.6 Å². The molecule has 0 aromatic carbocycles. The average Bonchev–Trinajstić information content (AvgIpc) is 3.03. The molecule has 0 aliphatic heterocycles. The molecule has 0 spiro atoms. The van der Waals surface area contributed by atoms with Crippen LogP contribution in [0.25, 0.3) is 22.6 Å². The van der Waals surface area contributed by atoms with E-state index in [0.717, 1.165) is 18.5 Å². The number of sulfone groups is 1. The summed E-state index contributed by atoms with van der Waals surface area (Å²) in [5.41, 5.74) is -1.37. The molecule has 3 rings (SSSR count). The smallest absolute Gasteiger partial charge is 0.379 e. The number of aromatic nitrogens is 4. The first kappa shape index (κ1) is 22.9. The summed E-state index contributed by atoms with van der Waals surface area (Å²) >= 11 is 0. The molecular weight excluding hydrogens is 468 g/mol. The normalized spacial score (nSPS) is 13.0. The molecule has 0 aliphatic rings. The van der Waals surface area contributed by atoms with Crippen LogP contribution in [0.2, 0.25) is 0 Å². The molecule has 3 aromatic rings. The van der Waals surface area contributed by atoms with Crippen LogP contribution in [0.4, 0.5) is 17.6 Å². The van der Waals surface area contributed by atoms with Gasteiger partial charge in [-0.3, -0.25) is 0 Å². The molecule has 0 saturated carbocycles. The summed E-state index contributed by atoms with van der Waals surface area (Å²) in [5, 5.41) is 0. The van der Waals surface area contributed by atoms with Crippen LogP contribution < -0.4 is 4.18 Å². The Morgan fingerprint density at radius 3 is 2.35 bits per heavy atom. The number of imidazole rings is 1. The predicted molar refractivity (Wildman–Crippen MR) is 100.0 cm³/mol. The van der Waals surface area contributed by atoms with Crippen LogP contribution in [0.15, 0.2) is 29.4 Å². The Labute approximate surface area is 173 Å². The predicted octanol–water partition coefficient (Wildman–Crippen LogP) is 2.48. The Hall–Kier alpha value is -2.81. The molecule has 0 saturated heterocycles. The minimum Gasteiger partial charge on any atom is -0.379 e. The minimum atomic E-state index is -4.71. The molecule has 0 radical (unpaired) electrons. The molecule has 0 atom stereocenters. The molecular formula is C16H14F4N4O5S2. The van der Waals surface area contributed by atoms with Crippen molar-refractivity contribution in [1.82, 2.24) is 19.5 Å². The van der Waals surface area contributed by atoms with Gasteiger partial charge in [-0.05, 0) is 6.07 Å². The summed E-state index contributed by atoms with van der Waals surface area (Å²) in [4.78, 5) is 10.8. The fourth-order valence-electron chi connectivity index (χ4n) is 2.66. The van der Waals surface area contributed by atoms with Crippen LogP contribution in [0, 0.1) is 0 Å². The standard InChI is InChI=1S/C16H14F4N4O5S2/c1-3-30(25,26)12-4-9(29-31(27,28)8-17)6-22-14(12)15-23-10-5-13(16(18,19)20)21-7-11(10)24(15)2/h4-7H,3,8H2,1-2H3. The SMILES string of the molecule is CCS(=O)(=O)c1cc(OS(=O)(=O)CF)cnc1-c1nc2cc(C(F)(F)F)ncc2n1C. The summed E-state index contributed by atoms with van der Waals surface area (Å²) in [7, 11) is -7.21. The van der Waals surface area contributed by atoms with Crippen molar-refractivity contribution in [3.8, 4) is 17.3 Å². The van der Waals surface area contributed by atoms with E-state index in [0.29, 0.717) is 6.07 Å². The van der Waals surface area contributed by atoms with Gasteiger partial charge in [-0.15, -0.1) is 0 Å². The van der Waals surface area contributed by atoms with E-state index in [2.05, 4.69) is 19.1 Å².